The monoisotopic (exact) mass is 157 g/mol. The van der Waals surface area contributed by atoms with E-state index >= 15 is 0 Å². The zero-order chi connectivity index (χ0) is 7.98. The van der Waals surface area contributed by atoms with Crippen molar-refractivity contribution in [1.29, 1.82) is 0 Å². The van der Waals surface area contributed by atoms with Gasteiger partial charge < -0.3 is 5.73 Å². The van der Waals surface area contributed by atoms with Crippen molar-refractivity contribution in [3.63, 3.8) is 0 Å². The van der Waals surface area contributed by atoms with Crippen molar-refractivity contribution in [1.82, 2.24) is 0 Å². The van der Waals surface area contributed by atoms with Crippen LogP contribution in [0.3, 0.4) is 0 Å². The van der Waals surface area contributed by atoms with Gasteiger partial charge in [0.05, 0.1) is 0 Å². The second-order valence-corrected chi connectivity index (χ2v) is 3.28. The average molecular weight is 157 g/mol. The van der Waals surface area contributed by atoms with Gasteiger partial charge in [-0.1, -0.05) is 0 Å². The van der Waals surface area contributed by atoms with Crippen LogP contribution in [0.25, 0.3) is 0 Å². The van der Waals surface area contributed by atoms with Gasteiger partial charge in [0.25, 0.3) is 0 Å². The molecule has 2 N–H and O–H groups in total. The molecule has 0 saturated carbocycles. The number of primary amides is 1. The number of hydrogen-bond donors (Lipinski definition) is 1. The highest BCUT2D eigenvalue weighted by molar-refractivity contribution is 7.11. The molecule has 3 heteroatoms. The van der Waals surface area contributed by atoms with Crippen LogP contribution in [0.5, 0.6) is 0 Å². The van der Waals surface area contributed by atoms with Crippen molar-refractivity contribution in [2.24, 2.45) is 5.73 Å². The van der Waals surface area contributed by atoms with E-state index in [1.807, 2.05) is 11.3 Å². The molecule has 0 radical (unpaired) electrons. The molecule has 10 heavy (non-hydrogen) atoms. The topological polar surface area (TPSA) is 43.1 Å². The van der Waals surface area contributed by atoms with Crippen LogP contribution < -0.4 is 5.73 Å². The molecule has 0 spiro atoms. The van der Waals surface area contributed by atoms with E-state index in [1.54, 1.807) is 0 Å². The first-order valence-corrected chi connectivity index (χ1v) is 3.70. The van der Waals surface area contributed by atoms with E-state index in [-0.39, 0.29) is 6.41 Å². The molecule has 0 aromatic carbocycles. The van der Waals surface area contributed by atoms with Crippen molar-refractivity contribution in [2.45, 2.75) is 13.8 Å². The Bertz CT molecular complexity index is 179. The lowest BCUT2D eigenvalue weighted by molar-refractivity contribution is -0.106. The summed E-state index contributed by atoms with van der Waals surface area (Å²) in [5.74, 6) is 0. The maximum absolute atomic E-state index is 8.58. The lowest BCUT2D eigenvalue weighted by Crippen LogP contribution is -1.82. The Morgan fingerprint density at radius 1 is 1.40 bits per heavy atom. The Kier molecular flexibility index (Phi) is 4.58. The Balaban J connectivity index is 0.000000236. The van der Waals surface area contributed by atoms with Gasteiger partial charge >= 0.3 is 0 Å². The van der Waals surface area contributed by atoms with E-state index in [4.69, 9.17) is 4.79 Å². The van der Waals surface area contributed by atoms with Crippen LogP contribution in [-0.4, -0.2) is 6.41 Å². The van der Waals surface area contributed by atoms with Crippen LogP contribution in [0.15, 0.2) is 12.1 Å². The molecule has 0 aliphatic heterocycles. The predicted octanol–water partition coefficient (Wildman–Crippen LogP) is 1.47. The summed E-state index contributed by atoms with van der Waals surface area (Å²) in [5.41, 5.74) is 4.17. The lowest BCUT2D eigenvalue weighted by atomic mass is 10.5. The fourth-order valence-corrected chi connectivity index (χ4v) is 1.34. The molecular formula is C7H11NOS. The molecule has 0 unspecified atom stereocenters. The number of amides is 1. The molecular weight excluding hydrogens is 146 g/mol. The van der Waals surface area contributed by atoms with Gasteiger partial charge in [-0.2, -0.15) is 0 Å². The Morgan fingerprint density at radius 2 is 1.70 bits per heavy atom. The molecule has 1 heterocycles. The third-order valence-electron chi connectivity index (χ3n) is 0.875. The van der Waals surface area contributed by atoms with E-state index in [2.05, 4.69) is 31.7 Å². The fourth-order valence-electron chi connectivity index (χ4n) is 0.557. The van der Waals surface area contributed by atoms with Crippen LogP contribution in [-0.2, 0) is 4.79 Å². The van der Waals surface area contributed by atoms with Crippen molar-refractivity contribution in [3.05, 3.63) is 21.9 Å². The molecule has 0 fully saturated rings. The molecule has 0 bridgehead atoms. The van der Waals surface area contributed by atoms with E-state index in [1.165, 1.54) is 9.75 Å². The highest BCUT2D eigenvalue weighted by Crippen LogP contribution is 2.11. The first-order valence-electron chi connectivity index (χ1n) is 2.89. The molecule has 1 aromatic rings. The minimum absolute atomic E-state index is 0.250. The number of aryl methyl sites for hydroxylation is 2. The summed E-state index contributed by atoms with van der Waals surface area (Å²) in [6, 6.07) is 4.28. The number of carbonyl (C=O) groups excluding carboxylic acids is 1. The molecule has 1 aromatic heterocycles. The van der Waals surface area contributed by atoms with Crippen LogP contribution in [0, 0.1) is 13.8 Å². The van der Waals surface area contributed by atoms with Crippen LogP contribution >= 0.6 is 11.3 Å². The van der Waals surface area contributed by atoms with Crippen LogP contribution in [0.2, 0.25) is 0 Å². The normalized spacial score (nSPS) is 7.80. The van der Waals surface area contributed by atoms with Crippen LogP contribution in [0.4, 0.5) is 0 Å². The molecule has 0 atom stereocenters. The smallest absolute Gasteiger partial charge is 0.204 e. The van der Waals surface area contributed by atoms with Crippen LogP contribution in [0.1, 0.15) is 9.75 Å². The van der Waals surface area contributed by atoms with E-state index < -0.39 is 0 Å². The lowest BCUT2D eigenvalue weighted by Gasteiger charge is -1.71. The molecule has 1 rings (SSSR count). The number of hydrogen-bond acceptors (Lipinski definition) is 2. The quantitative estimate of drug-likeness (QED) is 0.569. The second kappa shape index (κ2) is 4.99. The molecule has 56 valence electrons. The van der Waals surface area contributed by atoms with Crippen molar-refractivity contribution >= 4 is 17.7 Å². The summed E-state index contributed by atoms with van der Waals surface area (Å²) in [6.45, 7) is 4.25. The zero-order valence-corrected chi connectivity index (χ0v) is 6.94. The third-order valence-corrected chi connectivity index (χ3v) is 1.79. The standard InChI is InChI=1S/C6H8S.CH3NO/c1-5-3-4-6(2)7-5;2-1-3/h3-4H,1-2H3;1H,(H2,2,3). The predicted molar refractivity (Wildman–Crippen MR) is 44.0 cm³/mol. The average Bonchev–Trinajstić information content (AvgIpc) is 2.17. The number of rotatable bonds is 0. The summed E-state index contributed by atoms with van der Waals surface area (Å²) >= 11 is 1.84. The van der Waals surface area contributed by atoms with Gasteiger partial charge in [-0.05, 0) is 26.0 Å². The maximum Gasteiger partial charge on any atom is 0.204 e. The summed E-state index contributed by atoms with van der Waals surface area (Å²) in [6.07, 6.45) is 0.250. The largest absolute Gasteiger partial charge is 0.372 e. The van der Waals surface area contributed by atoms with E-state index in [0.717, 1.165) is 0 Å². The SMILES string of the molecule is Cc1ccc(C)s1.NC=O. The van der Waals surface area contributed by atoms with Gasteiger partial charge in [0.1, 0.15) is 0 Å². The Labute approximate surface area is 64.7 Å². The summed E-state index contributed by atoms with van der Waals surface area (Å²) in [4.78, 5) is 11.4. The van der Waals surface area contributed by atoms with Gasteiger partial charge in [0.15, 0.2) is 0 Å². The van der Waals surface area contributed by atoms with Crippen molar-refractivity contribution < 1.29 is 4.79 Å². The number of carbonyl (C=O) groups is 1. The highest BCUT2D eigenvalue weighted by Gasteiger charge is 1.84. The van der Waals surface area contributed by atoms with Crippen molar-refractivity contribution in [3.8, 4) is 0 Å². The van der Waals surface area contributed by atoms with E-state index in [0.29, 0.717) is 0 Å². The summed E-state index contributed by atoms with van der Waals surface area (Å²) < 4.78 is 0. The molecule has 0 aliphatic carbocycles. The van der Waals surface area contributed by atoms with Gasteiger partial charge in [-0.15, -0.1) is 11.3 Å². The Morgan fingerprint density at radius 3 is 1.80 bits per heavy atom. The van der Waals surface area contributed by atoms with Crippen molar-refractivity contribution in [2.75, 3.05) is 0 Å². The molecule has 0 saturated heterocycles. The van der Waals surface area contributed by atoms with Gasteiger partial charge in [-0.3, -0.25) is 4.79 Å². The first-order chi connectivity index (χ1) is 4.70. The Hall–Kier alpha value is -0.830. The molecule has 0 aliphatic rings. The highest BCUT2D eigenvalue weighted by atomic mass is 32.1. The first kappa shape index (κ1) is 9.17. The third kappa shape index (κ3) is 4.09. The minimum Gasteiger partial charge on any atom is -0.372 e. The molecule has 1 amide bonds. The zero-order valence-electron chi connectivity index (χ0n) is 6.13. The number of nitrogens with two attached hydrogens (primary N) is 1. The van der Waals surface area contributed by atoms with Gasteiger partial charge in [-0.25, -0.2) is 0 Å². The second-order valence-electron chi connectivity index (χ2n) is 1.79. The van der Waals surface area contributed by atoms with E-state index in [9.17, 15) is 0 Å². The molecule has 2 nitrogen and oxygen atoms in total. The minimum atomic E-state index is 0.250. The summed E-state index contributed by atoms with van der Waals surface area (Å²) in [7, 11) is 0. The van der Waals surface area contributed by atoms with Gasteiger partial charge in [0, 0.05) is 9.75 Å². The fraction of sp³-hybridized carbons (Fsp3) is 0.286. The maximum atomic E-state index is 8.58. The summed E-state index contributed by atoms with van der Waals surface area (Å²) in [5, 5.41) is 0. The van der Waals surface area contributed by atoms with Gasteiger partial charge in [0.2, 0.25) is 6.41 Å². The number of thiophene rings is 1.